The first kappa shape index (κ1) is 19.2. The van der Waals surface area contributed by atoms with Crippen molar-refractivity contribution in [1.29, 1.82) is 0 Å². The van der Waals surface area contributed by atoms with Crippen LogP contribution in [0.4, 0.5) is 0 Å². The second-order valence-electron chi connectivity index (χ2n) is 6.02. The summed E-state index contributed by atoms with van der Waals surface area (Å²) in [5.74, 6) is 1.55. The van der Waals surface area contributed by atoms with Gasteiger partial charge in [0, 0.05) is 0 Å². The summed E-state index contributed by atoms with van der Waals surface area (Å²) in [5, 5.41) is 4.03. The standard InChI is InChI=1S/C22H17N3O2S2/c26-21(15-28-22-24-19-11-4-5-12-20(19)29-22)25-23-14-16-7-6-10-18(13-16)27-17-8-2-1-3-9-17/h1-14H,15H2,(H,25,26). The van der Waals surface area contributed by atoms with E-state index in [4.69, 9.17) is 4.74 Å². The van der Waals surface area contributed by atoms with Crippen LogP contribution in [0.15, 0.2) is 88.3 Å². The van der Waals surface area contributed by atoms with Gasteiger partial charge in [-0.3, -0.25) is 4.79 Å². The van der Waals surface area contributed by atoms with Crippen LogP contribution in [0.25, 0.3) is 10.2 Å². The molecule has 1 amide bonds. The number of hydrogen-bond acceptors (Lipinski definition) is 6. The normalized spacial score (nSPS) is 11.0. The van der Waals surface area contributed by atoms with E-state index in [0.29, 0.717) is 5.75 Å². The van der Waals surface area contributed by atoms with Gasteiger partial charge in [0.25, 0.3) is 5.91 Å². The topological polar surface area (TPSA) is 63.6 Å². The molecule has 0 atom stereocenters. The Hall–Kier alpha value is -3.16. The highest BCUT2D eigenvalue weighted by Gasteiger charge is 2.07. The Balaban J connectivity index is 1.29. The maximum absolute atomic E-state index is 12.0. The lowest BCUT2D eigenvalue weighted by molar-refractivity contribution is -0.118. The number of carbonyl (C=O) groups is 1. The van der Waals surface area contributed by atoms with Gasteiger partial charge in [0.15, 0.2) is 4.34 Å². The molecule has 0 aliphatic heterocycles. The third kappa shape index (κ3) is 5.43. The molecule has 4 rings (SSSR count). The SMILES string of the molecule is O=C(CSc1nc2ccccc2s1)NN=Cc1cccc(Oc2ccccc2)c1. The highest BCUT2D eigenvalue weighted by molar-refractivity contribution is 8.01. The number of aromatic nitrogens is 1. The van der Waals surface area contributed by atoms with Crippen LogP contribution in [0.3, 0.4) is 0 Å². The number of hydrogen-bond donors (Lipinski definition) is 1. The molecular formula is C22H17N3O2S2. The van der Waals surface area contributed by atoms with Crippen molar-refractivity contribution in [3.8, 4) is 11.5 Å². The summed E-state index contributed by atoms with van der Waals surface area (Å²) in [6.07, 6.45) is 1.60. The van der Waals surface area contributed by atoms with E-state index in [-0.39, 0.29) is 11.7 Å². The van der Waals surface area contributed by atoms with Crippen LogP contribution in [-0.2, 0) is 4.79 Å². The van der Waals surface area contributed by atoms with Gasteiger partial charge in [-0.2, -0.15) is 5.10 Å². The number of nitrogens with zero attached hydrogens (tertiary/aromatic N) is 2. The number of rotatable bonds is 7. The third-order valence-corrected chi connectivity index (χ3v) is 6.02. The van der Waals surface area contributed by atoms with Crippen molar-refractivity contribution in [1.82, 2.24) is 10.4 Å². The fourth-order valence-corrected chi connectivity index (χ4v) is 4.39. The van der Waals surface area contributed by atoms with Gasteiger partial charge in [-0.1, -0.05) is 54.2 Å². The van der Waals surface area contributed by atoms with Gasteiger partial charge in [-0.15, -0.1) is 11.3 Å². The molecule has 1 heterocycles. The van der Waals surface area contributed by atoms with E-state index < -0.39 is 0 Å². The van der Waals surface area contributed by atoms with Crippen LogP contribution >= 0.6 is 23.1 Å². The Morgan fingerprint density at radius 3 is 2.69 bits per heavy atom. The van der Waals surface area contributed by atoms with Gasteiger partial charge in [0.1, 0.15) is 11.5 Å². The quantitative estimate of drug-likeness (QED) is 0.250. The Bertz CT molecular complexity index is 1110. The molecule has 1 aromatic heterocycles. The molecule has 5 nitrogen and oxygen atoms in total. The molecule has 29 heavy (non-hydrogen) atoms. The van der Waals surface area contributed by atoms with E-state index in [1.54, 1.807) is 17.6 Å². The molecule has 0 saturated heterocycles. The smallest absolute Gasteiger partial charge is 0.250 e. The Morgan fingerprint density at radius 2 is 1.83 bits per heavy atom. The molecule has 3 aromatic carbocycles. The summed E-state index contributed by atoms with van der Waals surface area (Å²) in [7, 11) is 0. The lowest BCUT2D eigenvalue weighted by Crippen LogP contribution is -2.19. The van der Waals surface area contributed by atoms with Crippen LogP contribution < -0.4 is 10.2 Å². The van der Waals surface area contributed by atoms with Crippen molar-refractivity contribution < 1.29 is 9.53 Å². The lowest BCUT2D eigenvalue weighted by Gasteiger charge is -2.05. The number of nitrogens with one attached hydrogen (secondary N) is 1. The third-order valence-electron chi connectivity index (χ3n) is 3.84. The summed E-state index contributed by atoms with van der Waals surface area (Å²) in [6, 6.07) is 25.0. The monoisotopic (exact) mass is 419 g/mol. The maximum atomic E-state index is 12.0. The molecule has 0 bridgehead atoms. The summed E-state index contributed by atoms with van der Waals surface area (Å²) in [5.41, 5.74) is 4.34. The number of thiazole rings is 1. The Morgan fingerprint density at radius 1 is 1.03 bits per heavy atom. The second kappa shape index (κ2) is 9.36. The van der Waals surface area contributed by atoms with E-state index in [1.165, 1.54) is 11.8 Å². The summed E-state index contributed by atoms with van der Waals surface area (Å²) >= 11 is 2.99. The van der Waals surface area contributed by atoms with Crippen molar-refractivity contribution in [3.05, 3.63) is 84.4 Å². The van der Waals surface area contributed by atoms with Gasteiger partial charge in [0.2, 0.25) is 0 Å². The van der Waals surface area contributed by atoms with Gasteiger partial charge in [-0.05, 0) is 42.0 Å². The highest BCUT2D eigenvalue weighted by Crippen LogP contribution is 2.29. The number of hydrazone groups is 1. The van der Waals surface area contributed by atoms with E-state index >= 15 is 0 Å². The average molecular weight is 420 g/mol. The van der Waals surface area contributed by atoms with Crippen LogP contribution in [-0.4, -0.2) is 22.9 Å². The molecule has 0 aliphatic rings. The molecule has 0 aliphatic carbocycles. The zero-order valence-electron chi connectivity index (χ0n) is 15.3. The fourth-order valence-electron chi connectivity index (χ4n) is 2.53. The number of para-hydroxylation sites is 2. The van der Waals surface area contributed by atoms with Crippen molar-refractivity contribution in [3.63, 3.8) is 0 Å². The maximum Gasteiger partial charge on any atom is 0.250 e. The molecule has 0 saturated carbocycles. The summed E-state index contributed by atoms with van der Waals surface area (Å²) in [4.78, 5) is 16.5. The minimum absolute atomic E-state index is 0.179. The predicted octanol–water partition coefficient (Wildman–Crippen LogP) is 5.33. The van der Waals surface area contributed by atoms with E-state index in [9.17, 15) is 4.79 Å². The van der Waals surface area contributed by atoms with E-state index in [1.807, 2.05) is 78.9 Å². The van der Waals surface area contributed by atoms with Crippen molar-refractivity contribution in [2.45, 2.75) is 4.34 Å². The molecule has 7 heteroatoms. The van der Waals surface area contributed by atoms with Crippen molar-refractivity contribution in [2.24, 2.45) is 5.10 Å². The van der Waals surface area contributed by atoms with Gasteiger partial charge >= 0.3 is 0 Å². The van der Waals surface area contributed by atoms with Crippen LogP contribution in [0, 0.1) is 0 Å². The molecule has 1 N–H and O–H groups in total. The first-order valence-corrected chi connectivity index (χ1v) is 10.7. The van der Waals surface area contributed by atoms with Crippen LogP contribution in [0.1, 0.15) is 5.56 Å². The molecule has 4 aromatic rings. The van der Waals surface area contributed by atoms with Gasteiger partial charge < -0.3 is 4.74 Å². The van der Waals surface area contributed by atoms with Gasteiger partial charge in [0.05, 0.1) is 22.2 Å². The lowest BCUT2D eigenvalue weighted by atomic mass is 10.2. The first-order valence-electron chi connectivity index (χ1n) is 8.89. The van der Waals surface area contributed by atoms with Crippen LogP contribution in [0.5, 0.6) is 11.5 Å². The number of fused-ring (bicyclic) bond motifs is 1. The average Bonchev–Trinajstić information content (AvgIpc) is 3.16. The predicted molar refractivity (Wildman–Crippen MR) is 119 cm³/mol. The van der Waals surface area contributed by atoms with Crippen molar-refractivity contribution in [2.75, 3.05) is 5.75 Å². The van der Waals surface area contributed by atoms with E-state index in [0.717, 1.165) is 25.9 Å². The summed E-state index contributed by atoms with van der Waals surface area (Å²) < 4.78 is 7.79. The molecule has 0 radical (unpaired) electrons. The van der Waals surface area contributed by atoms with Crippen molar-refractivity contribution >= 4 is 45.4 Å². The van der Waals surface area contributed by atoms with E-state index in [2.05, 4.69) is 15.5 Å². The number of carbonyl (C=O) groups excluding carboxylic acids is 1. The Labute approximate surface area is 176 Å². The van der Waals surface area contributed by atoms with Crippen LogP contribution in [0.2, 0.25) is 0 Å². The van der Waals surface area contributed by atoms with Gasteiger partial charge in [-0.25, -0.2) is 10.4 Å². The number of ether oxygens (including phenoxy) is 1. The Kier molecular flexibility index (Phi) is 6.19. The first-order chi connectivity index (χ1) is 14.3. The second-order valence-corrected chi connectivity index (χ2v) is 8.27. The zero-order valence-corrected chi connectivity index (χ0v) is 17.0. The number of amides is 1. The molecular weight excluding hydrogens is 402 g/mol. The molecule has 0 spiro atoms. The summed E-state index contributed by atoms with van der Waals surface area (Å²) in [6.45, 7) is 0. The molecule has 0 unspecified atom stereocenters. The molecule has 0 fully saturated rings. The zero-order chi connectivity index (χ0) is 19.9. The number of benzene rings is 3. The highest BCUT2D eigenvalue weighted by atomic mass is 32.2. The molecule has 144 valence electrons. The number of thioether (sulfide) groups is 1. The fraction of sp³-hybridized carbons (Fsp3) is 0.0455. The largest absolute Gasteiger partial charge is 0.457 e. The minimum atomic E-state index is -0.179. The minimum Gasteiger partial charge on any atom is -0.457 e.